The lowest BCUT2D eigenvalue weighted by molar-refractivity contribution is -0.111. The van der Waals surface area contributed by atoms with Crippen molar-refractivity contribution in [3.8, 4) is 0 Å². The van der Waals surface area contributed by atoms with Gasteiger partial charge in [0.15, 0.2) is 0 Å². The maximum absolute atomic E-state index is 11.8. The van der Waals surface area contributed by atoms with Gasteiger partial charge in [0.1, 0.15) is 17.3 Å². The van der Waals surface area contributed by atoms with Crippen LogP contribution >= 0.6 is 0 Å². The van der Waals surface area contributed by atoms with Crippen LogP contribution in [0.15, 0.2) is 28.8 Å². The Balaban J connectivity index is 1.60. The van der Waals surface area contributed by atoms with Crippen LogP contribution in [-0.2, 0) is 4.79 Å². The SMILES string of the molecule is Cc1cn[nH]c1NC(=O)/C=C/c1ccc(C2CC2C)o1. The molecule has 2 N–H and O–H groups in total. The number of H-pyrrole nitrogens is 1. The van der Waals surface area contributed by atoms with Gasteiger partial charge in [-0.05, 0) is 37.5 Å². The maximum Gasteiger partial charge on any atom is 0.249 e. The molecular weight excluding hydrogens is 254 g/mol. The summed E-state index contributed by atoms with van der Waals surface area (Å²) in [5, 5.41) is 9.30. The molecule has 2 heterocycles. The molecule has 1 amide bonds. The maximum atomic E-state index is 11.8. The molecule has 5 heteroatoms. The summed E-state index contributed by atoms with van der Waals surface area (Å²) in [5.41, 5.74) is 0.898. The summed E-state index contributed by atoms with van der Waals surface area (Å²) in [4.78, 5) is 11.8. The van der Waals surface area contributed by atoms with E-state index in [4.69, 9.17) is 4.42 Å². The van der Waals surface area contributed by atoms with Crippen molar-refractivity contribution >= 4 is 17.8 Å². The van der Waals surface area contributed by atoms with Crippen LogP contribution in [0.5, 0.6) is 0 Å². The summed E-state index contributed by atoms with van der Waals surface area (Å²) >= 11 is 0. The first-order chi connectivity index (χ1) is 9.63. The number of rotatable bonds is 4. The van der Waals surface area contributed by atoms with Crippen molar-refractivity contribution in [1.29, 1.82) is 0 Å². The molecule has 104 valence electrons. The van der Waals surface area contributed by atoms with Crippen LogP contribution in [0.2, 0.25) is 0 Å². The van der Waals surface area contributed by atoms with Crippen molar-refractivity contribution in [3.05, 3.63) is 41.5 Å². The van der Waals surface area contributed by atoms with Gasteiger partial charge < -0.3 is 9.73 Å². The molecule has 1 aliphatic rings. The Kier molecular flexibility index (Phi) is 3.18. The molecule has 2 aromatic rings. The molecule has 20 heavy (non-hydrogen) atoms. The molecule has 0 aliphatic heterocycles. The van der Waals surface area contributed by atoms with Crippen LogP contribution in [0.4, 0.5) is 5.82 Å². The van der Waals surface area contributed by atoms with Gasteiger partial charge in [0.2, 0.25) is 5.91 Å². The van der Waals surface area contributed by atoms with Crippen LogP contribution in [0, 0.1) is 12.8 Å². The van der Waals surface area contributed by atoms with Crippen LogP contribution in [0.1, 0.15) is 36.3 Å². The summed E-state index contributed by atoms with van der Waals surface area (Å²) in [7, 11) is 0. The van der Waals surface area contributed by atoms with E-state index in [0.717, 1.165) is 11.3 Å². The Morgan fingerprint density at radius 2 is 2.35 bits per heavy atom. The fourth-order valence-corrected chi connectivity index (χ4v) is 2.17. The third kappa shape index (κ3) is 2.66. The number of carbonyl (C=O) groups excluding carboxylic acids is 1. The van der Waals surface area contributed by atoms with E-state index in [2.05, 4.69) is 22.4 Å². The number of carbonyl (C=O) groups is 1. The number of aryl methyl sites for hydroxylation is 1. The number of amides is 1. The van der Waals surface area contributed by atoms with E-state index >= 15 is 0 Å². The second-order valence-electron chi connectivity index (χ2n) is 5.31. The van der Waals surface area contributed by atoms with Gasteiger partial charge in [-0.2, -0.15) is 5.10 Å². The van der Waals surface area contributed by atoms with Gasteiger partial charge in [0, 0.05) is 17.6 Å². The van der Waals surface area contributed by atoms with E-state index in [9.17, 15) is 4.79 Å². The largest absolute Gasteiger partial charge is 0.461 e. The van der Waals surface area contributed by atoms with E-state index in [0.29, 0.717) is 23.4 Å². The van der Waals surface area contributed by atoms with E-state index < -0.39 is 0 Å². The van der Waals surface area contributed by atoms with E-state index in [1.807, 2.05) is 19.1 Å². The average molecular weight is 271 g/mol. The van der Waals surface area contributed by atoms with E-state index in [1.165, 1.54) is 12.5 Å². The summed E-state index contributed by atoms with van der Waals surface area (Å²) in [6.45, 7) is 4.08. The average Bonchev–Trinajstić information content (AvgIpc) is 2.83. The molecular formula is C15H17N3O2. The predicted octanol–water partition coefficient (Wildman–Crippen LogP) is 3.09. The second kappa shape index (κ2) is 5.00. The smallest absolute Gasteiger partial charge is 0.249 e. The minimum atomic E-state index is -0.213. The van der Waals surface area contributed by atoms with Crippen molar-refractivity contribution in [2.24, 2.45) is 5.92 Å². The lowest BCUT2D eigenvalue weighted by Gasteiger charge is -1.98. The molecule has 2 atom stereocenters. The topological polar surface area (TPSA) is 70.9 Å². The first-order valence-corrected chi connectivity index (χ1v) is 6.72. The van der Waals surface area contributed by atoms with Gasteiger partial charge in [-0.3, -0.25) is 9.89 Å². The zero-order valence-electron chi connectivity index (χ0n) is 11.5. The van der Waals surface area contributed by atoms with Gasteiger partial charge in [-0.1, -0.05) is 6.92 Å². The molecule has 2 aromatic heterocycles. The van der Waals surface area contributed by atoms with Crippen molar-refractivity contribution < 1.29 is 9.21 Å². The Hall–Kier alpha value is -2.30. The molecule has 0 bridgehead atoms. The van der Waals surface area contributed by atoms with Crippen LogP contribution < -0.4 is 5.32 Å². The monoisotopic (exact) mass is 271 g/mol. The van der Waals surface area contributed by atoms with E-state index in [1.54, 1.807) is 12.3 Å². The highest BCUT2D eigenvalue weighted by Crippen LogP contribution is 2.47. The van der Waals surface area contributed by atoms with Crippen LogP contribution in [-0.4, -0.2) is 16.1 Å². The first-order valence-electron chi connectivity index (χ1n) is 6.72. The minimum Gasteiger partial charge on any atom is -0.461 e. The first kappa shape index (κ1) is 12.7. The minimum absolute atomic E-state index is 0.213. The number of nitrogens with one attached hydrogen (secondary N) is 2. The number of anilines is 1. The number of aromatic amines is 1. The van der Waals surface area contributed by atoms with Gasteiger partial charge in [-0.25, -0.2) is 0 Å². The predicted molar refractivity (Wildman–Crippen MR) is 76.2 cm³/mol. The summed E-state index contributed by atoms with van der Waals surface area (Å²) in [6.07, 6.45) is 5.99. The number of nitrogens with zero attached hydrogens (tertiary/aromatic N) is 1. The standard InChI is InChI=1S/C15H17N3O2/c1-9-7-12(9)13-5-3-11(20-13)4-6-14(19)17-15-10(2)8-16-18-15/h3-6,8-9,12H,7H2,1-2H3,(H2,16,17,18,19)/b6-4+. The summed E-state index contributed by atoms with van der Waals surface area (Å²) < 4.78 is 5.70. The van der Waals surface area contributed by atoms with E-state index in [-0.39, 0.29) is 5.91 Å². The fourth-order valence-electron chi connectivity index (χ4n) is 2.17. The molecule has 1 aliphatic carbocycles. The normalized spacial score (nSPS) is 21.3. The number of furan rings is 1. The molecule has 0 saturated heterocycles. The van der Waals surface area contributed by atoms with Gasteiger partial charge in [0.05, 0.1) is 6.20 Å². The zero-order chi connectivity index (χ0) is 14.1. The highest BCUT2D eigenvalue weighted by atomic mass is 16.3. The Morgan fingerprint density at radius 3 is 3.00 bits per heavy atom. The fraction of sp³-hybridized carbons (Fsp3) is 0.333. The Morgan fingerprint density at radius 1 is 1.55 bits per heavy atom. The molecule has 0 aromatic carbocycles. The Labute approximate surface area is 117 Å². The van der Waals surface area contributed by atoms with Gasteiger partial charge in [-0.15, -0.1) is 0 Å². The molecule has 5 nitrogen and oxygen atoms in total. The lowest BCUT2D eigenvalue weighted by Crippen LogP contribution is -2.08. The van der Waals surface area contributed by atoms with Gasteiger partial charge >= 0.3 is 0 Å². The van der Waals surface area contributed by atoms with Crippen molar-refractivity contribution in [1.82, 2.24) is 10.2 Å². The van der Waals surface area contributed by atoms with Crippen molar-refractivity contribution in [2.75, 3.05) is 5.32 Å². The van der Waals surface area contributed by atoms with Gasteiger partial charge in [0.25, 0.3) is 0 Å². The number of hydrogen-bond acceptors (Lipinski definition) is 3. The Bertz CT molecular complexity index is 654. The van der Waals surface area contributed by atoms with Crippen molar-refractivity contribution in [2.45, 2.75) is 26.2 Å². The molecule has 1 saturated carbocycles. The summed E-state index contributed by atoms with van der Waals surface area (Å²) in [6, 6.07) is 3.89. The molecule has 0 radical (unpaired) electrons. The third-order valence-corrected chi connectivity index (χ3v) is 3.60. The second-order valence-corrected chi connectivity index (χ2v) is 5.31. The molecule has 3 rings (SSSR count). The highest BCUT2D eigenvalue weighted by Gasteiger charge is 2.36. The third-order valence-electron chi connectivity index (χ3n) is 3.60. The molecule has 0 spiro atoms. The quantitative estimate of drug-likeness (QED) is 0.839. The lowest BCUT2D eigenvalue weighted by atomic mass is 10.3. The molecule has 1 fully saturated rings. The highest BCUT2D eigenvalue weighted by molar-refractivity contribution is 6.01. The number of hydrogen-bond donors (Lipinski definition) is 2. The number of aromatic nitrogens is 2. The zero-order valence-corrected chi connectivity index (χ0v) is 11.5. The van der Waals surface area contributed by atoms with Crippen LogP contribution in [0.25, 0.3) is 6.08 Å². The van der Waals surface area contributed by atoms with Crippen molar-refractivity contribution in [3.63, 3.8) is 0 Å². The molecule has 2 unspecified atom stereocenters. The summed E-state index contributed by atoms with van der Waals surface area (Å²) in [5.74, 6) is 3.39. The van der Waals surface area contributed by atoms with Crippen LogP contribution in [0.3, 0.4) is 0 Å².